The normalized spacial score (nSPS) is 21.7. The third-order valence-electron chi connectivity index (χ3n) is 6.26. The Hall–Kier alpha value is -3.70. The molecule has 3 aromatic rings. The summed E-state index contributed by atoms with van der Waals surface area (Å²) in [6.07, 6.45) is 0.202. The molecule has 0 N–H and O–H groups in total. The Morgan fingerprint density at radius 3 is 2.43 bits per heavy atom. The number of carbonyl (C=O) groups excluding carboxylic acids is 1. The zero-order valence-electron chi connectivity index (χ0n) is 18.0. The van der Waals surface area contributed by atoms with Crippen LogP contribution in [0.25, 0.3) is 11.4 Å². The highest BCUT2D eigenvalue weighted by Gasteiger charge is 2.45. The molecule has 3 fully saturated rings. The van der Waals surface area contributed by atoms with Gasteiger partial charge in [-0.1, -0.05) is 6.07 Å². The molecule has 2 saturated heterocycles. The highest BCUT2D eigenvalue weighted by molar-refractivity contribution is 6.00. The Kier molecular flexibility index (Phi) is 5.81. The number of carbonyl (C=O) groups is 1. The topological polar surface area (TPSA) is 81.1 Å². The number of benzene rings is 1. The molecule has 1 saturated carbocycles. The molecule has 12 heteroatoms. The summed E-state index contributed by atoms with van der Waals surface area (Å²) in [4.78, 5) is 29.9. The monoisotopic (exact) mass is 491 g/mol. The molecule has 0 spiro atoms. The van der Waals surface area contributed by atoms with Crippen molar-refractivity contribution >= 4 is 5.91 Å². The molecular formula is C23H18F5N5O2. The minimum absolute atomic E-state index is 0.0252. The summed E-state index contributed by atoms with van der Waals surface area (Å²) in [5.74, 6) is -1.99. The molecule has 1 aromatic carbocycles. The van der Waals surface area contributed by atoms with Gasteiger partial charge in [0, 0.05) is 6.54 Å². The predicted molar refractivity (Wildman–Crippen MR) is 111 cm³/mol. The highest BCUT2D eigenvalue weighted by atomic mass is 19.4. The van der Waals surface area contributed by atoms with Crippen molar-refractivity contribution < 1.29 is 31.5 Å². The van der Waals surface area contributed by atoms with Crippen LogP contribution in [0.2, 0.25) is 0 Å². The Labute approximate surface area is 196 Å². The molecule has 3 atom stereocenters. The summed E-state index contributed by atoms with van der Waals surface area (Å²) in [7, 11) is 0. The van der Waals surface area contributed by atoms with Crippen LogP contribution in [-0.4, -0.2) is 49.4 Å². The standard InChI is InChI=1S/C23H18F5N5O2/c24-13-7-31-21(32-8-13)20-14(2-1-3-15(20)25)22(34)33-11-12-4-5-16(33)17(6-12)35-19-10-29-18(9-30-19)23(26,27)28/h1-3,7-10,12,16-17H,4-6,11H2/t12?,16-,17+/m0/s1. The van der Waals surface area contributed by atoms with Crippen LogP contribution in [0.3, 0.4) is 0 Å². The van der Waals surface area contributed by atoms with Gasteiger partial charge in [0.25, 0.3) is 5.91 Å². The van der Waals surface area contributed by atoms with Gasteiger partial charge >= 0.3 is 6.18 Å². The third kappa shape index (κ3) is 4.52. The van der Waals surface area contributed by atoms with Crippen LogP contribution < -0.4 is 4.74 Å². The van der Waals surface area contributed by atoms with Gasteiger partial charge in [0.15, 0.2) is 17.3 Å². The Balaban J connectivity index is 1.41. The zero-order chi connectivity index (χ0) is 24.7. The van der Waals surface area contributed by atoms with Crippen molar-refractivity contribution in [3.63, 3.8) is 0 Å². The highest BCUT2D eigenvalue weighted by Crippen LogP contribution is 2.39. The molecule has 1 amide bonds. The van der Waals surface area contributed by atoms with Gasteiger partial charge in [-0.25, -0.2) is 28.7 Å². The smallest absolute Gasteiger partial charge is 0.434 e. The molecule has 2 aromatic heterocycles. The van der Waals surface area contributed by atoms with E-state index in [0.717, 1.165) is 31.1 Å². The average Bonchev–Trinajstić information content (AvgIpc) is 2.84. The second-order valence-corrected chi connectivity index (χ2v) is 8.49. The van der Waals surface area contributed by atoms with E-state index in [1.807, 2.05) is 0 Å². The SMILES string of the molecule is O=C(c1cccc(F)c1-c1ncc(F)cn1)N1CC2CC[C@H]1[C@H](Oc1cnc(C(F)(F)F)cn1)C2. The first-order valence-corrected chi connectivity index (χ1v) is 10.8. The van der Waals surface area contributed by atoms with Crippen LogP contribution in [-0.2, 0) is 6.18 Å². The van der Waals surface area contributed by atoms with Crippen molar-refractivity contribution in [2.75, 3.05) is 6.54 Å². The quantitative estimate of drug-likeness (QED) is 0.507. The average molecular weight is 491 g/mol. The summed E-state index contributed by atoms with van der Waals surface area (Å²) >= 11 is 0. The first kappa shape index (κ1) is 23.1. The lowest BCUT2D eigenvalue weighted by molar-refractivity contribution is -0.141. The van der Waals surface area contributed by atoms with Crippen molar-refractivity contribution in [2.45, 2.75) is 37.6 Å². The molecular weight excluding hydrogens is 473 g/mol. The van der Waals surface area contributed by atoms with Gasteiger partial charge in [-0.3, -0.25) is 4.79 Å². The molecule has 4 heterocycles. The number of rotatable bonds is 4. The van der Waals surface area contributed by atoms with Gasteiger partial charge < -0.3 is 9.64 Å². The first-order chi connectivity index (χ1) is 16.7. The van der Waals surface area contributed by atoms with Crippen LogP contribution in [0.1, 0.15) is 35.3 Å². The molecule has 3 aliphatic rings. The number of piperidine rings is 2. The van der Waals surface area contributed by atoms with Gasteiger partial charge in [0.2, 0.25) is 5.88 Å². The maximum Gasteiger partial charge on any atom is 0.434 e. The number of fused-ring (bicyclic) bond motifs is 3. The van der Waals surface area contributed by atoms with E-state index in [1.54, 1.807) is 4.90 Å². The summed E-state index contributed by atoms with van der Waals surface area (Å²) < 4.78 is 72.2. The fourth-order valence-corrected chi connectivity index (χ4v) is 4.70. The lowest BCUT2D eigenvalue weighted by Gasteiger charge is -2.49. The number of halogens is 5. The summed E-state index contributed by atoms with van der Waals surface area (Å²) in [6.45, 7) is 0.419. The molecule has 7 nitrogen and oxygen atoms in total. The minimum Gasteiger partial charge on any atom is -0.471 e. The van der Waals surface area contributed by atoms with E-state index >= 15 is 0 Å². The maximum absolute atomic E-state index is 14.8. The van der Waals surface area contributed by atoms with Crippen LogP contribution in [0.5, 0.6) is 5.88 Å². The van der Waals surface area contributed by atoms with Gasteiger partial charge in [-0.15, -0.1) is 0 Å². The number of aromatic nitrogens is 4. The third-order valence-corrected chi connectivity index (χ3v) is 6.26. The van der Waals surface area contributed by atoms with Crippen molar-refractivity contribution in [2.24, 2.45) is 5.92 Å². The number of alkyl halides is 3. The summed E-state index contributed by atoms with van der Waals surface area (Å²) in [5, 5.41) is 0. The van der Waals surface area contributed by atoms with Crippen LogP contribution >= 0.6 is 0 Å². The fourth-order valence-electron chi connectivity index (χ4n) is 4.70. The number of ether oxygens (including phenoxy) is 1. The lowest BCUT2D eigenvalue weighted by Crippen LogP contribution is -2.59. The van der Waals surface area contributed by atoms with Crippen molar-refractivity contribution in [1.82, 2.24) is 24.8 Å². The maximum atomic E-state index is 14.8. The lowest BCUT2D eigenvalue weighted by atomic mass is 9.77. The van der Waals surface area contributed by atoms with Gasteiger partial charge in [-0.2, -0.15) is 13.2 Å². The van der Waals surface area contributed by atoms with Gasteiger partial charge in [0.1, 0.15) is 11.9 Å². The molecule has 35 heavy (non-hydrogen) atoms. The molecule has 0 radical (unpaired) electrons. The van der Waals surface area contributed by atoms with Crippen molar-refractivity contribution in [3.8, 4) is 17.3 Å². The van der Waals surface area contributed by atoms with Crippen molar-refractivity contribution in [3.05, 3.63) is 65.9 Å². The first-order valence-electron chi connectivity index (χ1n) is 10.8. The molecule has 1 aliphatic carbocycles. The second kappa shape index (κ2) is 8.82. The van der Waals surface area contributed by atoms with E-state index in [0.29, 0.717) is 25.6 Å². The number of hydrogen-bond acceptors (Lipinski definition) is 6. The molecule has 182 valence electrons. The van der Waals surface area contributed by atoms with E-state index in [2.05, 4.69) is 19.9 Å². The fraction of sp³-hybridized carbons (Fsp3) is 0.348. The summed E-state index contributed by atoms with van der Waals surface area (Å²) in [6, 6.07) is 3.61. The van der Waals surface area contributed by atoms with Crippen LogP contribution in [0.15, 0.2) is 43.0 Å². The molecule has 2 aliphatic heterocycles. The van der Waals surface area contributed by atoms with Crippen LogP contribution in [0.4, 0.5) is 22.0 Å². The van der Waals surface area contributed by atoms with E-state index in [9.17, 15) is 26.7 Å². The van der Waals surface area contributed by atoms with E-state index in [-0.39, 0.29) is 28.7 Å². The molecule has 2 bridgehead atoms. The van der Waals surface area contributed by atoms with Crippen molar-refractivity contribution in [1.29, 1.82) is 0 Å². The zero-order valence-corrected chi connectivity index (χ0v) is 18.0. The van der Waals surface area contributed by atoms with Gasteiger partial charge in [-0.05, 0) is 37.3 Å². The minimum atomic E-state index is -4.62. The second-order valence-electron chi connectivity index (χ2n) is 8.49. The number of amides is 1. The Bertz CT molecular complexity index is 1240. The number of hydrogen-bond donors (Lipinski definition) is 0. The van der Waals surface area contributed by atoms with E-state index < -0.39 is 41.6 Å². The van der Waals surface area contributed by atoms with E-state index in [4.69, 9.17) is 4.74 Å². The Morgan fingerprint density at radius 2 is 1.77 bits per heavy atom. The van der Waals surface area contributed by atoms with E-state index in [1.165, 1.54) is 12.1 Å². The number of nitrogens with zero attached hydrogens (tertiary/aromatic N) is 5. The molecule has 6 rings (SSSR count). The molecule has 1 unspecified atom stereocenters. The van der Waals surface area contributed by atoms with Crippen LogP contribution in [0, 0.1) is 17.6 Å². The Morgan fingerprint density at radius 1 is 1.00 bits per heavy atom. The largest absolute Gasteiger partial charge is 0.471 e. The summed E-state index contributed by atoms with van der Waals surface area (Å²) in [5.41, 5.74) is -1.24. The predicted octanol–water partition coefficient (Wildman–Crippen LogP) is 4.30. The van der Waals surface area contributed by atoms with Gasteiger partial charge in [0.05, 0.1) is 42.0 Å².